The van der Waals surface area contributed by atoms with Gasteiger partial charge in [-0.2, -0.15) is 5.10 Å². The summed E-state index contributed by atoms with van der Waals surface area (Å²) >= 11 is 0. The third-order valence-corrected chi connectivity index (χ3v) is 2.13. The Morgan fingerprint density at radius 3 is 3.00 bits per heavy atom. The minimum atomic E-state index is 0.246. The zero-order valence-corrected chi connectivity index (χ0v) is 7.36. The van der Waals surface area contributed by atoms with Crippen molar-refractivity contribution < 1.29 is 5.11 Å². The van der Waals surface area contributed by atoms with Gasteiger partial charge in [-0.3, -0.25) is 4.68 Å². The summed E-state index contributed by atoms with van der Waals surface area (Å²) in [7, 11) is 1.85. The maximum Gasteiger partial charge on any atom is 0.116 e. The van der Waals surface area contributed by atoms with Crippen LogP contribution in [0.5, 0.6) is 5.75 Å². The summed E-state index contributed by atoms with van der Waals surface area (Å²) in [4.78, 5) is 0. The lowest BCUT2D eigenvalue weighted by Crippen LogP contribution is -2.04. The first-order valence-electron chi connectivity index (χ1n) is 4.07. The molecule has 2 aromatic rings. The fourth-order valence-electron chi connectivity index (χ4n) is 1.48. The topological polar surface area (TPSA) is 64.1 Å². The van der Waals surface area contributed by atoms with Gasteiger partial charge >= 0.3 is 0 Å². The van der Waals surface area contributed by atoms with Gasteiger partial charge in [-0.25, -0.2) is 0 Å². The summed E-state index contributed by atoms with van der Waals surface area (Å²) in [6.07, 6.45) is 0. The van der Waals surface area contributed by atoms with E-state index in [0.717, 1.165) is 16.6 Å². The minimum absolute atomic E-state index is 0.246. The Morgan fingerprint density at radius 1 is 1.54 bits per heavy atom. The molecule has 0 radical (unpaired) electrons. The third kappa shape index (κ3) is 1.15. The van der Waals surface area contributed by atoms with Crippen LogP contribution in [0.25, 0.3) is 10.9 Å². The van der Waals surface area contributed by atoms with Crippen LogP contribution in [0.1, 0.15) is 5.69 Å². The quantitative estimate of drug-likeness (QED) is 0.675. The van der Waals surface area contributed by atoms with Crippen molar-refractivity contribution in [1.82, 2.24) is 9.78 Å². The molecule has 13 heavy (non-hydrogen) atoms. The van der Waals surface area contributed by atoms with Gasteiger partial charge in [0, 0.05) is 19.0 Å². The number of aryl methyl sites for hydroxylation is 1. The first-order valence-corrected chi connectivity index (χ1v) is 4.07. The summed E-state index contributed by atoms with van der Waals surface area (Å²) in [6, 6.07) is 5.09. The SMILES string of the molecule is Cn1nc2ccc(O)cc2c1CN. The highest BCUT2D eigenvalue weighted by Crippen LogP contribution is 2.21. The molecule has 4 nitrogen and oxygen atoms in total. The highest BCUT2D eigenvalue weighted by molar-refractivity contribution is 5.82. The van der Waals surface area contributed by atoms with Crippen LogP contribution in [0.2, 0.25) is 0 Å². The Morgan fingerprint density at radius 2 is 2.31 bits per heavy atom. The summed E-state index contributed by atoms with van der Waals surface area (Å²) < 4.78 is 1.74. The molecule has 0 fully saturated rings. The lowest BCUT2D eigenvalue weighted by Gasteiger charge is -1.96. The molecular formula is C9H11N3O. The van der Waals surface area contributed by atoms with E-state index in [1.54, 1.807) is 22.9 Å². The van der Waals surface area contributed by atoms with Crippen LogP contribution in [0.3, 0.4) is 0 Å². The van der Waals surface area contributed by atoms with Crippen molar-refractivity contribution in [3.8, 4) is 5.75 Å². The van der Waals surface area contributed by atoms with Gasteiger partial charge < -0.3 is 10.8 Å². The van der Waals surface area contributed by atoms with Gasteiger partial charge in [0.05, 0.1) is 11.2 Å². The van der Waals surface area contributed by atoms with Crippen LogP contribution in [0, 0.1) is 0 Å². The number of nitrogens with zero attached hydrogens (tertiary/aromatic N) is 2. The van der Waals surface area contributed by atoms with Gasteiger partial charge in [-0.1, -0.05) is 0 Å². The molecule has 0 unspecified atom stereocenters. The number of aromatic hydroxyl groups is 1. The summed E-state index contributed by atoms with van der Waals surface area (Å²) in [5.41, 5.74) is 7.37. The lowest BCUT2D eigenvalue weighted by molar-refractivity contribution is 0.476. The largest absolute Gasteiger partial charge is 0.508 e. The molecule has 0 amide bonds. The van der Waals surface area contributed by atoms with Crippen LogP contribution >= 0.6 is 0 Å². The summed E-state index contributed by atoms with van der Waals surface area (Å²) in [6.45, 7) is 0.427. The number of nitrogens with two attached hydrogens (primary N) is 1. The Labute approximate surface area is 75.6 Å². The molecule has 0 saturated carbocycles. The number of hydrogen-bond donors (Lipinski definition) is 2. The molecule has 4 heteroatoms. The number of rotatable bonds is 1. The fourth-order valence-corrected chi connectivity index (χ4v) is 1.48. The maximum atomic E-state index is 9.28. The molecule has 0 aliphatic heterocycles. The molecule has 0 spiro atoms. The predicted molar refractivity (Wildman–Crippen MR) is 50.3 cm³/mol. The molecule has 0 bridgehead atoms. The van der Waals surface area contributed by atoms with Crippen molar-refractivity contribution in [3.05, 3.63) is 23.9 Å². The minimum Gasteiger partial charge on any atom is -0.508 e. The van der Waals surface area contributed by atoms with E-state index in [-0.39, 0.29) is 5.75 Å². The predicted octanol–water partition coefficient (Wildman–Crippen LogP) is 0.738. The molecular weight excluding hydrogens is 166 g/mol. The molecule has 2 rings (SSSR count). The average Bonchev–Trinajstić information content (AvgIpc) is 2.40. The van der Waals surface area contributed by atoms with E-state index in [1.165, 1.54) is 0 Å². The molecule has 0 aliphatic carbocycles. The molecule has 0 atom stereocenters. The lowest BCUT2D eigenvalue weighted by atomic mass is 10.2. The molecule has 68 valence electrons. The van der Waals surface area contributed by atoms with Gasteiger partial charge in [0.25, 0.3) is 0 Å². The number of hydrogen-bond acceptors (Lipinski definition) is 3. The molecule has 1 aromatic carbocycles. The van der Waals surface area contributed by atoms with E-state index in [0.29, 0.717) is 6.54 Å². The van der Waals surface area contributed by atoms with Crippen LogP contribution in [-0.2, 0) is 13.6 Å². The van der Waals surface area contributed by atoms with Crippen molar-refractivity contribution in [2.75, 3.05) is 0 Å². The Balaban J connectivity index is 2.80. The van der Waals surface area contributed by atoms with Crippen LogP contribution in [0.15, 0.2) is 18.2 Å². The van der Waals surface area contributed by atoms with Crippen molar-refractivity contribution >= 4 is 10.9 Å². The van der Waals surface area contributed by atoms with Crippen molar-refractivity contribution in [1.29, 1.82) is 0 Å². The Bertz CT molecular complexity index is 447. The number of fused-ring (bicyclic) bond motifs is 1. The van der Waals surface area contributed by atoms with Gasteiger partial charge in [0.1, 0.15) is 5.75 Å². The van der Waals surface area contributed by atoms with Gasteiger partial charge in [0.15, 0.2) is 0 Å². The second-order valence-corrected chi connectivity index (χ2v) is 2.98. The average molecular weight is 177 g/mol. The van der Waals surface area contributed by atoms with Crippen molar-refractivity contribution in [3.63, 3.8) is 0 Å². The van der Waals surface area contributed by atoms with Crippen LogP contribution < -0.4 is 5.73 Å². The first-order chi connectivity index (χ1) is 6.22. The van der Waals surface area contributed by atoms with E-state index in [2.05, 4.69) is 5.10 Å². The Hall–Kier alpha value is -1.55. The molecule has 1 aromatic heterocycles. The zero-order chi connectivity index (χ0) is 9.42. The highest BCUT2D eigenvalue weighted by atomic mass is 16.3. The summed E-state index contributed by atoms with van der Waals surface area (Å²) in [5.74, 6) is 0.246. The van der Waals surface area contributed by atoms with Crippen LogP contribution in [0.4, 0.5) is 0 Å². The third-order valence-electron chi connectivity index (χ3n) is 2.13. The fraction of sp³-hybridized carbons (Fsp3) is 0.222. The molecule has 0 aliphatic rings. The number of phenols is 1. The number of phenolic OH excluding ortho intramolecular Hbond substituents is 1. The first kappa shape index (κ1) is 8.07. The van der Waals surface area contributed by atoms with E-state index in [1.807, 2.05) is 7.05 Å². The van der Waals surface area contributed by atoms with Gasteiger partial charge in [-0.05, 0) is 18.2 Å². The molecule has 0 saturated heterocycles. The summed E-state index contributed by atoms with van der Waals surface area (Å²) in [5, 5.41) is 14.5. The smallest absolute Gasteiger partial charge is 0.116 e. The van der Waals surface area contributed by atoms with E-state index in [9.17, 15) is 5.11 Å². The van der Waals surface area contributed by atoms with Gasteiger partial charge in [0.2, 0.25) is 0 Å². The molecule has 3 N–H and O–H groups in total. The highest BCUT2D eigenvalue weighted by Gasteiger charge is 2.06. The maximum absolute atomic E-state index is 9.28. The standard InChI is InChI=1S/C9H11N3O/c1-12-9(5-10)7-4-6(13)2-3-8(7)11-12/h2-4,13H,5,10H2,1H3. The van der Waals surface area contributed by atoms with Crippen molar-refractivity contribution in [2.24, 2.45) is 12.8 Å². The monoisotopic (exact) mass is 177 g/mol. The zero-order valence-electron chi connectivity index (χ0n) is 7.36. The van der Waals surface area contributed by atoms with Gasteiger partial charge in [-0.15, -0.1) is 0 Å². The van der Waals surface area contributed by atoms with E-state index >= 15 is 0 Å². The number of aromatic nitrogens is 2. The second-order valence-electron chi connectivity index (χ2n) is 2.98. The normalized spacial score (nSPS) is 10.9. The molecule has 1 heterocycles. The second kappa shape index (κ2) is 2.74. The van der Waals surface area contributed by atoms with E-state index < -0.39 is 0 Å². The Kier molecular flexibility index (Phi) is 1.70. The van der Waals surface area contributed by atoms with Crippen molar-refractivity contribution in [2.45, 2.75) is 6.54 Å². The van der Waals surface area contributed by atoms with E-state index in [4.69, 9.17) is 5.73 Å². The van der Waals surface area contributed by atoms with Crippen LogP contribution in [-0.4, -0.2) is 14.9 Å². The number of benzene rings is 1.